The summed E-state index contributed by atoms with van der Waals surface area (Å²) in [6.45, 7) is 5.02. The lowest BCUT2D eigenvalue weighted by Crippen LogP contribution is -2.38. The average Bonchev–Trinajstić information content (AvgIpc) is 2.53. The number of benzene rings is 2. The molecule has 0 saturated heterocycles. The van der Waals surface area contributed by atoms with Crippen LogP contribution in [0.1, 0.15) is 31.7 Å². The third kappa shape index (κ3) is 5.03. The topological polar surface area (TPSA) is 72.5 Å². The molecule has 5 nitrogen and oxygen atoms in total. The van der Waals surface area contributed by atoms with Gasteiger partial charge >= 0.3 is 6.09 Å². The fraction of sp³-hybridized carbons (Fsp3) is 0.278. The first-order chi connectivity index (χ1) is 11.6. The van der Waals surface area contributed by atoms with Crippen molar-refractivity contribution in [1.29, 1.82) is 0 Å². The predicted octanol–water partition coefficient (Wildman–Crippen LogP) is 3.82. The van der Waals surface area contributed by atoms with Gasteiger partial charge in [0.15, 0.2) is 5.37 Å². The minimum Gasteiger partial charge on any atom is -0.444 e. The summed E-state index contributed by atoms with van der Waals surface area (Å²) in [6.07, 6.45) is -0.874. The van der Waals surface area contributed by atoms with E-state index in [0.717, 1.165) is 12.1 Å². The standard InChI is InChI=1S/C18H20FNO4S/c1-18(2,3)24-17(21)20-16(13-9-11-14(19)12-10-13)25(22,23)15-7-5-4-6-8-15/h4-12,16H,1-3H3,(H,20,21). The van der Waals surface area contributed by atoms with Gasteiger partial charge in [-0.05, 0) is 50.6 Å². The van der Waals surface area contributed by atoms with Crippen LogP contribution >= 0.6 is 0 Å². The van der Waals surface area contributed by atoms with Gasteiger partial charge < -0.3 is 10.1 Å². The normalized spacial score (nSPS) is 13.1. The number of ether oxygens (including phenoxy) is 1. The molecule has 1 atom stereocenters. The number of sulfone groups is 1. The second-order valence-corrected chi connectivity index (χ2v) is 8.47. The second kappa shape index (κ2) is 7.23. The van der Waals surface area contributed by atoms with Gasteiger partial charge in [-0.3, -0.25) is 0 Å². The molecule has 1 amide bonds. The predicted molar refractivity (Wildman–Crippen MR) is 92.1 cm³/mol. The van der Waals surface area contributed by atoms with E-state index < -0.39 is 32.7 Å². The maximum Gasteiger partial charge on any atom is 0.408 e. The molecular weight excluding hydrogens is 345 g/mol. The summed E-state index contributed by atoms with van der Waals surface area (Å²) < 4.78 is 44.3. The molecule has 2 aromatic carbocycles. The van der Waals surface area contributed by atoms with Crippen LogP contribution < -0.4 is 5.32 Å². The zero-order chi connectivity index (χ0) is 18.7. The Morgan fingerprint density at radius 1 is 1.04 bits per heavy atom. The highest BCUT2D eigenvalue weighted by Crippen LogP contribution is 2.27. The molecule has 0 aliphatic heterocycles. The number of nitrogens with one attached hydrogen (secondary N) is 1. The van der Waals surface area contributed by atoms with Crippen molar-refractivity contribution < 1.29 is 22.3 Å². The van der Waals surface area contributed by atoms with Crippen molar-refractivity contribution in [2.75, 3.05) is 0 Å². The smallest absolute Gasteiger partial charge is 0.408 e. The van der Waals surface area contributed by atoms with Crippen molar-refractivity contribution in [2.45, 2.75) is 36.6 Å². The fourth-order valence-electron chi connectivity index (χ4n) is 2.14. The van der Waals surface area contributed by atoms with Gasteiger partial charge in [-0.2, -0.15) is 0 Å². The molecule has 2 rings (SSSR count). The monoisotopic (exact) mass is 365 g/mol. The van der Waals surface area contributed by atoms with Crippen molar-refractivity contribution >= 4 is 15.9 Å². The molecule has 2 aromatic rings. The van der Waals surface area contributed by atoms with E-state index in [2.05, 4.69) is 5.32 Å². The lowest BCUT2D eigenvalue weighted by molar-refractivity contribution is 0.0519. The van der Waals surface area contributed by atoms with Crippen molar-refractivity contribution in [1.82, 2.24) is 5.32 Å². The van der Waals surface area contributed by atoms with Crippen LogP contribution in [-0.4, -0.2) is 20.1 Å². The Hall–Kier alpha value is -2.41. The first-order valence-corrected chi connectivity index (χ1v) is 9.18. The molecule has 0 saturated carbocycles. The molecule has 1 unspecified atom stereocenters. The van der Waals surface area contributed by atoms with E-state index in [9.17, 15) is 17.6 Å². The van der Waals surface area contributed by atoms with Crippen LogP contribution in [0.2, 0.25) is 0 Å². The Labute approximate surface area is 146 Å². The van der Waals surface area contributed by atoms with Gasteiger partial charge in [0.2, 0.25) is 9.84 Å². The molecule has 0 aliphatic rings. The lowest BCUT2D eigenvalue weighted by Gasteiger charge is -2.24. The minimum atomic E-state index is -3.95. The third-order valence-corrected chi connectivity index (χ3v) is 5.14. The summed E-state index contributed by atoms with van der Waals surface area (Å²) in [6, 6.07) is 12.6. The molecule has 0 aliphatic carbocycles. The Balaban J connectivity index is 2.42. The van der Waals surface area contributed by atoms with Crippen molar-refractivity contribution in [3.05, 3.63) is 66.0 Å². The molecule has 0 fully saturated rings. The SMILES string of the molecule is CC(C)(C)OC(=O)NC(c1ccc(F)cc1)S(=O)(=O)c1ccccc1. The van der Waals surface area contributed by atoms with E-state index in [0.29, 0.717) is 0 Å². The van der Waals surface area contributed by atoms with Crippen LogP contribution in [0.5, 0.6) is 0 Å². The third-order valence-electron chi connectivity index (χ3n) is 3.20. The fourth-order valence-corrected chi connectivity index (χ4v) is 3.71. The van der Waals surface area contributed by atoms with E-state index in [4.69, 9.17) is 4.74 Å². The Morgan fingerprint density at radius 2 is 1.60 bits per heavy atom. The second-order valence-electron chi connectivity index (χ2n) is 6.44. The number of carbonyl (C=O) groups excluding carboxylic acids is 1. The number of halogens is 1. The minimum absolute atomic E-state index is 0.0420. The van der Waals surface area contributed by atoms with Gasteiger partial charge in [0.05, 0.1) is 4.90 Å². The number of hydrogen-bond acceptors (Lipinski definition) is 4. The number of hydrogen-bond donors (Lipinski definition) is 1. The van der Waals surface area contributed by atoms with E-state index in [1.165, 1.54) is 24.3 Å². The zero-order valence-corrected chi connectivity index (χ0v) is 15.0. The molecular formula is C18H20FNO4S. The van der Waals surface area contributed by atoms with Gasteiger partial charge in [-0.25, -0.2) is 17.6 Å². The van der Waals surface area contributed by atoms with E-state index >= 15 is 0 Å². The molecule has 0 heterocycles. The van der Waals surface area contributed by atoms with Crippen LogP contribution in [0.4, 0.5) is 9.18 Å². The molecule has 0 aromatic heterocycles. The quantitative estimate of drug-likeness (QED) is 0.894. The van der Waals surface area contributed by atoms with Gasteiger partial charge in [0.1, 0.15) is 11.4 Å². The molecule has 7 heteroatoms. The summed E-state index contributed by atoms with van der Waals surface area (Å²) >= 11 is 0. The molecule has 134 valence electrons. The van der Waals surface area contributed by atoms with Gasteiger partial charge in [-0.1, -0.05) is 30.3 Å². The summed E-state index contributed by atoms with van der Waals surface area (Å²) in [5.41, 5.74) is -0.551. The molecule has 25 heavy (non-hydrogen) atoms. The Morgan fingerprint density at radius 3 is 2.12 bits per heavy atom. The maximum atomic E-state index is 13.2. The van der Waals surface area contributed by atoms with Crippen LogP contribution in [0.25, 0.3) is 0 Å². The molecule has 0 radical (unpaired) electrons. The highest BCUT2D eigenvalue weighted by molar-refractivity contribution is 7.91. The molecule has 1 N–H and O–H groups in total. The number of alkyl carbamates (subject to hydrolysis) is 1. The molecule has 0 spiro atoms. The van der Waals surface area contributed by atoms with E-state index in [1.54, 1.807) is 39.0 Å². The van der Waals surface area contributed by atoms with E-state index in [1.807, 2.05) is 0 Å². The number of rotatable bonds is 4. The van der Waals surface area contributed by atoms with Crippen molar-refractivity contribution in [3.63, 3.8) is 0 Å². The highest BCUT2D eigenvalue weighted by atomic mass is 32.2. The Kier molecular flexibility index (Phi) is 5.47. The Bertz CT molecular complexity index is 828. The summed E-state index contributed by atoms with van der Waals surface area (Å²) in [7, 11) is -3.95. The summed E-state index contributed by atoms with van der Waals surface area (Å²) in [4.78, 5) is 12.2. The van der Waals surface area contributed by atoms with Gasteiger partial charge in [0.25, 0.3) is 0 Å². The van der Waals surface area contributed by atoms with Crippen molar-refractivity contribution in [2.24, 2.45) is 0 Å². The van der Waals surface area contributed by atoms with E-state index in [-0.39, 0.29) is 10.5 Å². The van der Waals surface area contributed by atoms with Crippen molar-refractivity contribution in [3.8, 4) is 0 Å². The van der Waals surface area contributed by atoms with Crippen LogP contribution in [0, 0.1) is 5.82 Å². The first kappa shape index (κ1) is 18.9. The summed E-state index contributed by atoms with van der Waals surface area (Å²) in [5.74, 6) is -0.503. The zero-order valence-electron chi connectivity index (χ0n) is 14.2. The largest absolute Gasteiger partial charge is 0.444 e. The van der Waals surface area contributed by atoms with Crippen LogP contribution in [0.3, 0.4) is 0 Å². The average molecular weight is 365 g/mol. The summed E-state index contributed by atoms with van der Waals surface area (Å²) in [5, 5.41) is 0.979. The highest BCUT2D eigenvalue weighted by Gasteiger charge is 2.32. The van der Waals surface area contributed by atoms with Gasteiger partial charge in [-0.15, -0.1) is 0 Å². The number of carbonyl (C=O) groups is 1. The maximum absolute atomic E-state index is 13.2. The lowest BCUT2D eigenvalue weighted by atomic mass is 10.2. The molecule has 0 bridgehead atoms. The van der Waals surface area contributed by atoms with Crippen LogP contribution in [-0.2, 0) is 14.6 Å². The van der Waals surface area contributed by atoms with Gasteiger partial charge in [0, 0.05) is 0 Å². The number of amides is 1. The first-order valence-electron chi connectivity index (χ1n) is 7.63. The van der Waals surface area contributed by atoms with Crippen LogP contribution in [0.15, 0.2) is 59.5 Å².